The van der Waals surface area contributed by atoms with E-state index in [1.54, 1.807) is 0 Å². The number of nitrogens with one attached hydrogen (secondary N) is 1. The largest absolute Gasteiger partial charge is 0.375 e. The Labute approximate surface area is 131 Å². The smallest absolute Gasteiger partial charge is 0.107 e. The van der Waals surface area contributed by atoms with Crippen LogP contribution in [0.2, 0.25) is 0 Å². The number of aromatic nitrogens is 1. The van der Waals surface area contributed by atoms with Crippen molar-refractivity contribution in [3.05, 3.63) is 41.6 Å². The molecule has 1 aromatic carbocycles. The fourth-order valence-corrected chi connectivity index (χ4v) is 2.67. The molecule has 0 aliphatic carbocycles. The molecule has 0 atom stereocenters. The van der Waals surface area contributed by atoms with Gasteiger partial charge in [0.2, 0.25) is 0 Å². The molecule has 0 fully saturated rings. The van der Waals surface area contributed by atoms with E-state index >= 15 is 0 Å². The number of unbranched alkanes of at least 4 members (excludes halogenated alkanes) is 1. The van der Waals surface area contributed by atoms with Gasteiger partial charge in [-0.25, -0.2) is 0 Å². The van der Waals surface area contributed by atoms with Crippen molar-refractivity contribution >= 4 is 28.1 Å². The molecule has 108 valence electrons. The molecule has 0 amide bonds. The van der Waals surface area contributed by atoms with Crippen LogP contribution in [0.3, 0.4) is 0 Å². The first kappa shape index (κ1) is 15.4. The van der Waals surface area contributed by atoms with Gasteiger partial charge < -0.3 is 5.32 Å². The summed E-state index contributed by atoms with van der Waals surface area (Å²) in [5.41, 5.74) is 3.21. The van der Waals surface area contributed by atoms with Gasteiger partial charge in [0.05, 0.1) is 18.0 Å². The molecule has 0 saturated carbocycles. The molecule has 0 radical (unpaired) electrons. The third-order valence-electron chi connectivity index (χ3n) is 3.40. The Balaban J connectivity index is 2.40. The van der Waals surface area contributed by atoms with Crippen LogP contribution in [0.4, 0.5) is 0 Å². The van der Waals surface area contributed by atoms with Crippen LogP contribution in [0.1, 0.15) is 37.3 Å². The number of hydrogen-bond acceptors (Lipinski definition) is 3. The summed E-state index contributed by atoms with van der Waals surface area (Å²) < 4.78 is 0. The van der Waals surface area contributed by atoms with Crippen LogP contribution in [-0.2, 0) is 6.42 Å². The lowest BCUT2D eigenvalue weighted by Gasteiger charge is -2.14. The number of benzene rings is 1. The van der Waals surface area contributed by atoms with E-state index in [-0.39, 0.29) is 0 Å². The summed E-state index contributed by atoms with van der Waals surface area (Å²) in [4.78, 5) is 5.25. The van der Waals surface area contributed by atoms with E-state index < -0.39 is 0 Å². The van der Waals surface area contributed by atoms with E-state index in [4.69, 9.17) is 17.5 Å². The minimum Gasteiger partial charge on any atom is -0.375 e. The number of thiocarbonyl (C=S) groups is 1. The molecule has 1 N–H and O–H groups in total. The highest BCUT2D eigenvalue weighted by atomic mass is 32.1. The summed E-state index contributed by atoms with van der Waals surface area (Å²) in [6, 6.07) is 10.2. The summed E-state index contributed by atoms with van der Waals surface area (Å²) in [7, 11) is 0. The second-order valence-corrected chi connectivity index (χ2v) is 5.35. The molecule has 4 heteroatoms. The zero-order valence-corrected chi connectivity index (χ0v) is 13.0. The van der Waals surface area contributed by atoms with Crippen LogP contribution < -0.4 is 5.32 Å². The maximum Gasteiger partial charge on any atom is 0.107 e. The van der Waals surface area contributed by atoms with Crippen LogP contribution >= 0.6 is 12.2 Å². The lowest BCUT2D eigenvalue weighted by atomic mass is 9.99. The number of fused-ring (bicyclic) bond motifs is 1. The van der Waals surface area contributed by atoms with Crippen LogP contribution in [0.15, 0.2) is 30.5 Å². The Bertz CT molecular complexity index is 673. The van der Waals surface area contributed by atoms with Crippen molar-refractivity contribution in [1.82, 2.24) is 10.3 Å². The Hall–Kier alpha value is -1.99. The monoisotopic (exact) mass is 297 g/mol. The zero-order valence-electron chi connectivity index (χ0n) is 12.2. The predicted octanol–water partition coefficient (Wildman–Crippen LogP) is 3.76. The van der Waals surface area contributed by atoms with Gasteiger partial charge in [-0.15, -0.1) is 0 Å². The number of pyridine rings is 1. The minimum atomic E-state index is 0.452. The molecular weight excluding hydrogens is 278 g/mol. The number of aryl methyl sites for hydroxylation is 1. The Kier molecular flexibility index (Phi) is 5.65. The molecule has 0 aliphatic heterocycles. The highest BCUT2D eigenvalue weighted by Gasteiger charge is 2.12. The van der Waals surface area contributed by atoms with Gasteiger partial charge in [-0.2, -0.15) is 5.26 Å². The molecule has 0 saturated heterocycles. The van der Waals surface area contributed by atoms with Crippen molar-refractivity contribution in [3.8, 4) is 6.07 Å². The number of hydrogen-bond donors (Lipinski definition) is 1. The van der Waals surface area contributed by atoms with Crippen molar-refractivity contribution in [3.63, 3.8) is 0 Å². The number of nitriles is 1. The van der Waals surface area contributed by atoms with Crippen LogP contribution in [0.5, 0.6) is 0 Å². The second-order valence-electron chi connectivity index (χ2n) is 4.94. The summed E-state index contributed by atoms with van der Waals surface area (Å²) in [5.74, 6) is 0. The summed E-state index contributed by atoms with van der Waals surface area (Å²) in [6.07, 6.45) is 5.62. The standard InChI is InChI=1S/C17H19N3S/c1-2-3-7-13-12-20-15-9-5-4-8-14(15)16(13)17(21)19-11-6-10-18/h4-5,8-9,12H,2-3,6-7,11H2,1H3,(H,19,21). The summed E-state index contributed by atoms with van der Waals surface area (Å²) >= 11 is 5.55. The third-order valence-corrected chi connectivity index (χ3v) is 3.75. The van der Waals surface area contributed by atoms with E-state index in [1.807, 2.05) is 24.4 Å². The van der Waals surface area contributed by atoms with Gasteiger partial charge in [-0.1, -0.05) is 43.8 Å². The van der Waals surface area contributed by atoms with E-state index in [1.165, 1.54) is 5.56 Å². The van der Waals surface area contributed by atoms with Crippen LogP contribution in [0, 0.1) is 11.3 Å². The SMILES string of the molecule is CCCCc1cnc2ccccc2c1C(=S)NCCC#N. The summed E-state index contributed by atoms with van der Waals surface area (Å²) in [6.45, 7) is 2.76. The maximum absolute atomic E-state index is 8.65. The number of para-hydroxylation sites is 1. The average molecular weight is 297 g/mol. The Morgan fingerprint density at radius 1 is 1.38 bits per heavy atom. The Morgan fingerprint density at radius 3 is 2.95 bits per heavy atom. The van der Waals surface area contributed by atoms with Gasteiger partial charge in [0.15, 0.2) is 0 Å². The molecule has 2 rings (SSSR count). The molecule has 0 bridgehead atoms. The molecule has 2 aromatic rings. The molecule has 1 aromatic heterocycles. The maximum atomic E-state index is 8.65. The topological polar surface area (TPSA) is 48.7 Å². The molecule has 0 aliphatic rings. The van der Waals surface area contributed by atoms with Gasteiger partial charge in [-0.05, 0) is 24.5 Å². The first-order chi connectivity index (χ1) is 10.3. The third kappa shape index (κ3) is 3.77. The minimum absolute atomic E-state index is 0.452. The average Bonchev–Trinajstić information content (AvgIpc) is 2.52. The van der Waals surface area contributed by atoms with Gasteiger partial charge in [0, 0.05) is 23.7 Å². The van der Waals surface area contributed by atoms with Gasteiger partial charge in [0.25, 0.3) is 0 Å². The molecule has 1 heterocycles. The molecule has 21 heavy (non-hydrogen) atoms. The fraction of sp³-hybridized carbons (Fsp3) is 0.353. The fourth-order valence-electron chi connectivity index (χ4n) is 2.33. The first-order valence-electron chi connectivity index (χ1n) is 7.29. The van der Waals surface area contributed by atoms with Crippen molar-refractivity contribution < 1.29 is 0 Å². The first-order valence-corrected chi connectivity index (χ1v) is 7.70. The lowest BCUT2D eigenvalue weighted by Crippen LogP contribution is -2.24. The zero-order chi connectivity index (χ0) is 15.1. The van der Waals surface area contributed by atoms with E-state index in [9.17, 15) is 0 Å². The van der Waals surface area contributed by atoms with Crippen molar-refractivity contribution in [2.75, 3.05) is 6.54 Å². The van der Waals surface area contributed by atoms with Gasteiger partial charge >= 0.3 is 0 Å². The second kappa shape index (κ2) is 7.70. The normalized spacial score (nSPS) is 10.3. The van der Waals surface area contributed by atoms with Crippen molar-refractivity contribution in [2.24, 2.45) is 0 Å². The van der Waals surface area contributed by atoms with Crippen molar-refractivity contribution in [2.45, 2.75) is 32.6 Å². The lowest BCUT2D eigenvalue weighted by molar-refractivity contribution is 0.791. The number of nitrogens with zero attached hydrogens (tertiary/aromatic N) is 2. The highest BCUT2D eigenvalue weighted by Crippen LogP contribution is 2.22. The molecule has 0 spiro atoms. The highest BCUT2D eigenvalue weighted by molar-refractivity contribution is 7.80. The molecular formula is C17H19N3S. The number of rotatable bonds is 6. The quantitative estimate of drug-likeness (QED) is 0.651. The van der Waals surface area contributed by atoms with Gasteiger partial charge in [-0.3, -0.25) is 4.98 Å². The van der Waals surface area contributed by atoms with Crippen LogP contribution in [0.25, 0.3) is 10.9 Å². The van der Waals surface area contributed by atoms with E-state index in [0.29, 0.717) is 13.0 Å². The van der Waals surface area contributed by atoms with Crippen molar-refractivity contribution in [1.29, 1.82) is 5.26 Å². The van der Waals surface area contributed by atoms with E-state index in [2.05, 4.69) is 29.4 Å². The van der Waals surface area contributed by atoms with Crippen LogP contribution in [-0.4, -0.2) is 16.5 Å². The van der Waals surface area contributed by atoms with E-state index in [0.717, 1.165) is 40.7 Å². The molecule has 0 unspecified atom stereocenters. The summed E-state index contributed by atoms with van der Waals surface area (Å²) in [5, 5.41) is 12.9. The van der Waals surface area contributed by atoms with Gasteiger partial charge in [0.1, 0.15) is 4.99 Å². The molecule has 3 nitrogen and oxygen atoms in total. The Morgan fingerprint density at radius 2 is 2.19 bits per heavy atom. The predicted molar refractivity (Wildman–Crippen MR) is 90.3 cm³/mol.